The molecular formula is C13H16AlNO3S. The van der Waals surface area contributed by atoms with Gasteiger partial charge in [0, 0.05) is 11.8 Å². The van der Waals surface area contributed by atoms with Gasteiger partial charge in [0.05, 0.1) is 0 Å². The van der Waals surface area contributed by atoms with Gasteiger partial charge >= 0.3 is 15.2 Å². The highest BCUT2D eigenvalue weighted by atomic mass is 32.4. The summed E-state index contributed by atoms with van der Waals surface area (Å²) in [5.41, 5.74) is 7.22. The largest absolute Gasteiger partial charge is 0.473 e. The predicted molar refractivity (Wildman–Crippen MR) is 80.1 cm³/mol. The van der Waals surface area contributed by atoms with Gasteiger partial charge in [0.1, 0.15) is 5.75 Å². The van der Waals surface area contributed by atoms with Crippen LogP contribution in [-0.2, 0) is 8.48 Å². The summed E-state index contributed by atoms with van der Waals surface area (Å²) < 4.78 is 26.1. The van der Waals surface area contributed by atoms with Crippen LogP contribution in [0.2, 0.25) is 0 Å². The number of nitrogens with two attached hydrogens (primary N) is 1. The molecule has 0 atom stereocenters. The van der Waals surface area contributed by atoms with Crippen LogP contribution < -0.4 is 9.92 Å². The molecule has 2 aromatic rings. The summed E-state index contributed by atoms with van der Waals surface area (Å²) in [6, 6.07) is 16.6. The van der Waals surface area contributed by atoms with E-state index in [1.807, 2.05) is 18.2 Å². The first-order valence-corrected chi connectivity index (χ1v) is 9.90. The molecule has 0 aliphatic carbocycles. The molecule has 6 heteroatoms. The molecule has 19 heavy (non-hydrogen) atoms. The second-order valence-corrected chi connectivity index (χ2v) is 8.59. The summed E-state index contributed by atoms with van der Waals surface area (Å²) in [6.07, 6.45) is 0. The molecule has 0 amide bonds. The third kappa shape index (κ3) is 7.52. The van der Waals surface area contributed by atoms with Gasteiger partial charge in [-0.05, 0) is 19.1 Å². The topological polar surface area (TPSA) is 69.4 Å². The highest BCUT2D eigenvalue weighted by Gasteiger charge is 2.02. The minimum Gasteiger partial charge on any atom is -0.400 e. The molecule has 100 valence electrons. The number of nitrogen functional groups attached to an aromatic ring is 1. The second-order valence-electron chi connectivity index (χ2n) is 4.01. The summed E-state index contributed by atoms with van der Waals surface area (Å²) in [5, 5.41) is 0. The van der Waals surface area contributed by atoms with E-state index in [4.69, 9.17) is 5.73 Å². The lowest BCUT2D eigenvalue weighted by Crippen LogP contribution is -2.07. The molecule has 2 rings (SSSR count). The number of rotatable bonds is 2. The van der Waals surface area contributed by atoms with Crippen molar-refractivity contribution in [3.05, 3.63) is 60.2 Å². The molecule has 0 aliphatic rings. The van der Waals surface area contributed by atoms with E-state index < -0.39 is 8.48 Å². The number of hydrogen-bond acceptors (Lipinski definition) is 4. The molecule has 0 spiro atoms. The highest BCUT2D eigenvalue weighted by molar-refractivity contribution is 8.08. The lowest BCUT2D eigenvalue weighted by atomic mass is 10.2. The third-order valence-electron chi connectivity index (χ3n) is 2.05. The van der Waals surface area contributed by atoms with E-state index in [1.54, 1.807) is 18.2 Å². The summed E-state index contributed by atoms with van der Waals surface area (Å²) in [6.45, 7) is 2.08. The second kappa shape index (κ2) is 7.19. The molecule has 2 N–H and O–H groups in total. The molecule has 0 saturated carbocycles. The van der Waals surface area contributed by atoms with Crippen molar-refractivity contribution >= 4 is 29.3 Å². The molecule has 0 aromatic heterocycles. The average Bonchev–Trinajstić information content (AvgIpc) is 2.28. The van der Waals surface area contributed by atoms with Gasteiger partial charge in [0.25, 0.3) is 0 Å². The molecular weight excluding hydrogens is 277 g/mol. The monoisotopic (exact) mass is 293 g/mol. The van der Waals surface area contributed by atoms with Gasteiger partial charge in [0.15, 0.2) is 8.48 Å². The zero-order valence-electron chi connectivity index (χ0n) is 10.9. The van der Waals surface area contributed by atoms with Gasteiger partial charge in [0.2, 0.25) is 0 Å². The minimum absolute atomic E-state index is 0.0300. The number of benzene rings is 2. The fourth-order valence-corrected chi connectivity index (χ4v) is 2.31. The summed E-state index contributed by atoms with van der Waals surface area (Å²) in [7, 11) is -3.31. The van der Waals surface area contributed by atoms with Crippen LogP contribution in [0, 0.1) is 6.92 Å². The van der Waals surface area contributed by atoms with Crippen molar-refractivity contribution in [2.45, 2.75) is 6.92 Å². The number of hydrogen-bond donors (Lipinski definition) is 1. The van der Waals surface area contributed by atoms with Gasteiger partial charge in [-0.1, -0.05) is 42.0 Å². The Morgan fingerprint density at radius 3 is 2.11 bits per heavy atom. The Balaban J connectivity index is 0.000000218. The zero-order valence-corrected chi connectivity index (χ0v) is 13.7. The fraction of sp³-hybridized carbons (Fsp3) is 0.0769. The molecule has 0 heterocycles. The average molecular weight is 293 g/mol. The van der Waals surface area contributed by atoms with Gasteiger partial charge in [-0.3, -0.25) is 0 Å². The summed E-state index contributed by atoms with van der Waals surface area (Å²) in [5.74, 6) is 0.269. The first-order chi connectivity index (χ1) is 8.87. The molecule has 0 fully saturated rings. The van der Waals surface area contributed by atoms with Crippen LogP contribution in [0.4, 0.5) is 5.69 Å². The Kier molecular flexibility index (Phi) is 5.90. The van der Waals surface area contributed by atoms with Crippen LogP contribution >= 0.6 is 0 Å². The van der Waals surface area contributed by atoms with Crippen LogP contribution in [0.25, 0.3) is 0 Å². The van der Waals surface area contributed by atoms with E-state index in [1.165, 1.54) is 11.6 Å². The van der Waals surface area contributed by atoms with Crippen LogP contribution in [0.3, 0.4) is 0 Å². The highest BCUT2D eigenvalue weighted by Crippen LogP contribution is 2.15. The standard InChI is InChI=1S/C7H8.C6H6NO3S.Al.2H/c1-7-5-3-2-4-6-7;7-5-2-1-3-6(4-5)10-11(8)9;;;/h2-6H,1H3;1-4H,7H2;;;. The van der Waals surface area contributed by atoms with Gasteiger partial charge in [-0.2, -0.15) is 0 Å². The predicted octanol–water partition coefficient (Wildman–Crippen LogP) is 1.52. The molecule has 2 aromatic carbocycles. The van der Waals surface area contributed by atoms with E-state index in [-0.39, 0.29) is 20.9 Å². The summed E-state index contributed by atoms with van der Waals surface area (Å²) >= 11 is -0.0300. The van der Waals surface area contributed by atoms with Crippen LogP contribution in [0.1, 0.15) is 5.56 Å². The lowest BCUT2D eigenvalue weighted by molar-refractivity contribution is 0.503. The first-order valence-electron chi connectivity index (χ1n) is 5.63. The van der Waals surface area contributed by atoms with Crippen molar-refractivity contribution in [1.29, 1.82) is 0 Å². The minimum atomic E-state index is -3.31. The molecule has 0 radical (unpaired) electrons. The van der Waals surface area contributed by atoms with Crippen molar-refractivity contribution in [2.75, 3.05) is 5.73 Å². The Bertz CT molecular complexity index is 615. The smallest absolute Gasteiger partial charge is 0.400 e. The zero-order chi connectivity index (χ0) is 14.3. The lowest BCUT2D eigenvalue weighted by Gasteiger charge is -2.03. The van der Waals surface area contributed by atoms with Crippen molar-refractivity contribution in [1.82, 2.24) is 0 Å². The fourth-order valence-electron chi connectivity index (χ4n) is 1.28. The molecule has 0 saturated heterocycles. The quantitative estimate of drug-likeness (QED) is 0.673. The van der Waals surface area contributed by atoms with E-state index in [0.29, 0.717) is 5.69 Å². The summed E-state index contributed by atoms with van der Waals surface area (Å²) in [4.78, 5) is 0. The van der Waals surface area contributed by atoms with Crippen LogP contribution in [0.5, 0.6) is 5.75 Å². The Morgan fingerprint density at radius 1 is 1.05 bits per heavy atom. The van der Waals surface area contributed by atoms with E-state index >= 15 is 0 Å². The number of anilines is 1. The van der Waals surface area contributed by atoms with E-state index in [9.17, 15) is 8.42 Å². The van der Waals surface area contributed by atoms with Crippen LogP contribution in [-0.4, -0.2) is 23.6 Å². The Hall–Kier alpha value is -1.48. The third-order valence-corrected chi connectivity index (χ3v) is 3.04. The van der Waals surface area contributed by atoms with Gasteiger partial charge < -0.3 is 9.92 Å². The molecule has 4 nitrogen and oxygen atoms in total. The number of aryl methyl sites for hydroxylation is 1. The maximum Gasteiger partial charge on any atom is 0.473 e. The first kappa shape index (κ1) is 15.6. The van der Waals surface area contributed by atoms with Crippen molar-refractivity contribution in [3.63, 3.8) is 0 Å². The SMILES string of the molecule is Cc1ccccc1.Nc1cccc(O[S](=O)(=O)[AlH2])c1. The Morgan fingerprint density at radius 2 is 1.68 bits per heavy atom. The van der Waals surface area contributed by atoms with Crippen molar-refractivity contribution in [2.24, 2.45) is 0 Å². The molecule has 0 bridgehead atoms. The van der Waals surface area contributed by atoms with Crippen molar-refractivity contribution < 1.29 is 12.6 Å². The maximum absolute atomic E-state index is 10.7. The maximum atomic E-state index is 10.7. The molecule has 0 unspecified atom stereocenters. The van der Waals surface area contributed by atoms with Gasteiger partial charge in [-0.15, -0.1) is 0 Å². The van der Waals surface area contributed by atoms with Crippen LogP contribution in [0.15, 0.2) is 54.6 Å². The van der Waals surface area contributed by atoms with E-state index in [0.717, 1.165) is 0 Å². The van der Waals surface area contributed by atoms with Gasteiger partial charge in [-0.25, -0.2) is 8.42 Å². The van der Waals surface area contributed by atoms with Crippen molar-refractivity contribution in [3.8, 4) is 5.75 Å². The Labute approximate surface area is 120 Å². The molecule has 0 aliphatic heterocycles. The normalized spacial score (nSPS) is 10.2. The van der Waals surface area contributed by atoms with E-state index in [2.05, 4.69) is 23.2 Å².